The van der Waals surface area contributed by atoms with Crippen LogP contribution in [0.4, 0.5) is 4.79 Å². The van der Waals surface area contributed by atoms with Gasteiger partial charge in [-0.05, 0) is 58.3 Å². The Labute approximate surface area is 128 Å². The second-order valence-electron chi connectivity index (χ2n) is 7.64. The Bertz CT molecular complexity index is 355. The lowest BCUT2D eigenvalue weighted by atomic mass is 9.86. The third kappa shape index (κ3) is 5.47. The maximum absolute atomic E-state index is 11.6. The highest BCUT2D eigenvalue weighted by Gasteiger charge is 2.43. The molecule has 5 heteroatoms. The molecule has 2 rings (SSSR count). The minimum atomic E-state index is -0.425. The van der Waals surface area contributed by atoms with Gasteiger partial charge in [-0.2, -0.15) is 0 Å². The first-order valence-corrected chi connectivity index (χ1v) is 8.04. The molecule has 2 aliphatic carbocycles. The van der Waals surface area contributed by atoms with E-state index >= 15 is 0 Å². The van der Waals surface area contributed by atoms with Crippen LogP contribution in [0.3, 0.4) is 0 Å². The minimum Gasteiger partial charge on any atom is -0.444 e. The van der Waals surface area contributed by atoms with E-state index in [4.69, 9.17) is 9.47 Å². The number of hydrogen-bond donors (Lipinski definition) is 2. The van der Waals surface area contributed by atoms with Gasteiger partial charge in [-0.15, -0.1) is 0 Å². The lowest BCUT2D eigenvalue weighted by Crippen LogP contribution is -2.54. The first-order valence-electron chi connectivity index (χ1n) is 8.04. The fourth-order valence-electron chi connectivity index (χ4n) is 2.75. The van der Waals surface area contributed by atoms with Crippen LogP contribution in [0, 0.1) is 5.41 Å². The molecule has 0 heterocycles. The van der Waals surface area contributed by atoms with Gasteiger partial charge in [-0.1, -0.05) is 0 Å². The summed E-state index contributed by atoms with van der Waals surface area (Å²) in [5.74, 6) is 0. The van der Waals surface area contributed by atoms with Gasteiger partial charge in [0, 0.05) is 32.3 Å². The van der Waals surface area contributed by atoms with Crippen molar-refractivity contribution in [1.82, 2.24) is 10.6 Å². The summed E-state index contributed by atoms with van der Waals surface area (Å²) in [5.41, 5.74) is 0.0604. The molecule has 0 aromatic carbocycles. The Morgan fingerprint density at radius 1 is 1.24 bits per heavy atom. The zero-order valence-corrected chi connectivity index (χ0v) is 13.8. The van der Waals surface area contributed by atoms with Gasteiger partial charge >= 0.3 is 6.09 Å². The molecule has 2 aliphatic rings. The van der Waals surface area contributed by atoms with Gasteiger partial charge < -0.3 is 20.1 Å². The molecule has 0 saturated heterocycles. The number of rotatable bonds is 7. The van der Waals surface area contributed by atoms with Crippen LogP contribution < -0.4 is 10.6 Å². The molecule has 0 aromatic rings. The van der Waals surface area contributed by atoms with Crippen molar-refractivity contribution >= 4 is 6.09 Å². The summed E-state index contributed by atoms with van der Waals surface area (Å²) in [7, 11) is 1.77. The van der Waals surface area contributed by atoms with Gasteiger partial charge in [0.05, 0.1) is 0 Å². The van der Waals surface area contributed by atoms with E-state index < -0.39 is 5.60 Å². The van der Waals surface area contributed by atoms with Crippen LogP contribution in [0.2, 0.25) is 0 Å². The molecule has 1 amide bonds. The van der Waals surface area contributed by atoms with Crippen molar-refractivity contribution in [3.63, 3.8) is 0 Å². The summed E-state index contributed by atoms with van der Waals surface area (Å²) in [4.78, 5) is 11.6. The second-order valence-corrected chi connectivity index (χ2v) is 7.64. The fraction of sp³-hybridized carbons (Fsp3) is 0.938. The first-order chi connectivity index (χ1) is 9.82. The molecule has 2 saturated carbocycles. The Balaban J connectivity index is 1.56. The third-order valence-corrected chi connectivity index (χ3v) is 4.42. The lowest BCUT2D eigenvalue weighted by molar-refractivity contribution is 0.0463. The number of nitrogens with one attached hydrogen (secondary N) is 2. The summed E-state index contributed by atoms with van der Waals surface area (Å²) in [6, 6.07) is 0.788. The van der Waals surface area contributed by atoms with Crippen molar-refractivity contribution in [3.8, 4) is 0 Å². The molecule has 0 spiro atoms. The van der Waals surface area contributed by atoms with Crippen LogP contribution in [-0.4, -0.2) is 44.0 Å². The summed E-state index contributed by atoms with van der Waals surface area (Å²) in [5, 5.41) is 6.56. The van der Waals surface area contributed by atoms with Crippen molar-refractivity contribution in [1.29, 1.82) is 0 Å². The van der Waals surface area contributed by atoms with Crippen molar-refractivity contribution in [2.75, 3.05) is 20.3 Å². The van der Waals surface area contributed by atoms with E-state index in [1.165, 1.54) is 12.8 Å². The lowest BCUT2D eigenvalue weighted by Gasteiger charge is -2.37. The van der Waals surface area contributed by atoms with Crippen LogP contribution in [0.15, 0.2) is 0 Å². The Morgan fingerprint density at radius 2 is 1.90 bits per heavy atom. The minimum absolute atomic E-state index is 0.256. The molecule has 5 nitrogen and oxygen atoms in total. The van der Waals surface area contributed by atoms with Crippen molar-refractivity contribution < 1.29 is 14.3 Å². The van der Waals surface area contributed by atoms with Gasteiger partial charge in [0.25, 0.3) is 0 Å². The Kier molecular flexibility index (Phi) is 5.15. The van der Waals surface area contributed by atoms with Crippen LogP contribution in [0.5, 0.6) is 0 Å². The molecule has 2 N–H and O–H groups in total. The summed E-state index contributed by atoms with van der Waals surface area (Å²) in [6.45, 7) is 7.59. The highest BCUT2D eigenvalue weighted by atomic mass is 16.6. The van der Waals surface area contributed by atoms with Gasteiger partial charge in [0.15, 0.2) is 0 Å². The molecule has 0 atom stereocenters. The van der Waals surface area contributed by atoms with Crippen LogP contribution >= 0.6 is 0 Å². The Hall–Kier alpha value is -0.810. The largest absolute Gasteiger partial charge is 0.444 e. The van der Waals surface area contributed by atoms with E-state index in [9.17, 15) is 4.79 Å². The molecule has 2 fully saturated rings. The number of methoxy groups -OCH3 is 1. The molecular formula is C16H30N2O3. The van der Waals surface area contributed by atoms with E-state index in [2.05, 4.69) is 10.6 Å². The van der Waals surface area contributed by atoms with E-state index in [1.807, 2.05) is 20.8 Å². The number of carbonyl (C=O) groups is 1. The highest BCUT2D eigenvalue weighted by molar-refractivity contribution is 5.68. The van der Waals surface area contributed by atoms with Crippen molar-refractivity contribution in [3.05, 3.63) is 0 Å². The second kappa shape index (κ2) is 6.53. The van der Waals surface area contributed by atoms with Gasteiger partial charge in [-0.3, -0.25) is 0 Å². The van der Waals surface area contributed by atoms with Gasteiger partial charge in [0.1, 0.15) is 5.60 Å². The van der Waals surface area contributed by atoms with E-state index in [-0.39, 0.29) is 12.1 Å². The summed E-state index contributed by atoms with van der Waals surface area (Å²) < 4.78 is 10.4. The zero-order valence-electron chi connectivity index (χ0n) is 13.8. The van der Waals surface area contributed by atoms with Crippen molar-refractivity contribution in [2.45, 2.75) is 70.6 Å². The van der Waals surface area contributed by atoms with Gasteiger partial charge in [-0.25, -0.2) is 4.79 Å². The topological polar surface area (TPSA) is 59.6 Å². The molecular weight excluding hydrogens is 268 g/mol. The van der Waals surface area contributed by atoms with Crippen LogP contribution in [0.1, 0.15) is 52.9 Å². The highest BCUT2D eigenvalue weighted by Crippen LogP contribution is 2.48. The monoisotopic (exact) mass is 298 g/mol. The number of carbonyl (C=O) groups excluding carboxylic acids is 1. The number of amides is 1. The van der Waals surface area contributed by atoms with E-state index in [0.717, 1.165) is 32.4 Å². The predicted molar refractivity (Wildman–Crippen MR) is 82.3 cm³/mol. The molecule has 122 valence electrons. The average Bonchev–Trinajstić information content (AvgIpc) is 3.07. The van der Waals surface area contributed by atoms with Gasteiger partial charge in [0.2, 0.25) is 0 Å². The number of hydrogen-bond acceptors (Lipinski definition) is 4. The fourth-order valence-corrected chi connectivity index (χ4v) is 2.75. The quantitative estimate of drug-likeness (QED) is 0.758. The molecule has 0 aromatic heterocycles. The summed E-state index contributed by atoms with van der Waals surface area (Å²) in [6.07, 6.45) is 5.48. The molecule has 0 radical (unpaired) electrons. The molecule has 0 aliphatic heterocycles. The Morgan fingerprint density at radius 3 is 2.43 bits per heavy atom. The number of ether oxygens (including phenoxy) is 2. The third-order valence-electron chi connectivity index (χ3n) is 4.42. The SMILES string of the molecule is COCCC1(CNC2CC(NC(=O)OC(C)(C)C)C2)CC1. The average molecular weight is 298 g/mol. The molecule has 0 bridgehead atoms. The van der Waals surface area contributed by atoms with Crippen LogP contribution in [0.25, 0.3) is 0 Å². The van der Waals surface area contributed by atoms with Crippen LogP contribution in [-0.2, 0) is 9.47 Å². The first kappa shape index (κ1) is 16.6. The van der Waals surface area contributed by atoms with E-state index in [0.29, 0.717) is 11.5 Å². The summed E-state index contributed by atoms with van der Waals surface area (Å²) >= 11 is 0. The standard InChI is InChI=1S/C16H30N2O3/c1-15(2,3)21-14(19)18-13-9-12(10-13)17-11-16(5-6-16)7-8-20-4/h12-13,17H,5-11H2,1-4H3,(H,18,19). The maximum atomic E-state index is 11.6. The molecule has 21 heavy (non-hydrogen) atoms. The molecule has 0 unspecified atom stereocenters. The van der Waals surface area contributed by atoms with E-state index in [1.54, 1.807) is 7.11 Å². The normalized spacial score (nSPS) is 26.9. The number of alkyl carbamates (subject to hydrolysis) is 1. The smallest absolute Gasteiger partial charge is 0.407 e. The zero-order chi connectivity index (χ0) is 15.5. The maximum Gasteiger partial charge on any atom is 0.407 e. The van der Waals surface area contributed by atoms with Crippen molar-refractivity contribution in [2.24, 2.45) is 5.41 Å². The predicted octanol–water partition coefficient (Wildman–Crippen LogP) is 2.45.